The summed E-state index contributed by atoms with van der Waals surface area (Å²) in [4.78, 5) is 11.0. The Balaban J connectivity index is 2.27. The Bertz CT molecular complexity index is 364. The molecule has 1 aromatic rings. The topological polar surface area (TPSA) is 69.6 Å². The Hall–Kier alpha value is -1.55. The molecule has 4 nitrogen and oxygen atoms in total. The van der Waals surface area contributed by atoms with Gasteiger partial charge in [-0.2, -0.15) is 0 Å². The fraction of sp³-hybridized carbons (Fsp3) is 0.300. The van der Waals surface area contributed by atoms with E-state index < -0.39 is 12.1 Å². The van der Waals surface area contributed by atoms with E-state index >= 15 is 0 Å². The third kappa shape index (κ3) is 1.56. The van der Waals surface area contributed by atoms with Crippen LogP contribution in [0.1, 0.15) is 18.0 Å². The zero-order valence-corrected chi connectivity index (χ0v) is 7.47. The quantitative estimate of drug-likeness (QED) is 0.601. The smallest absolute Gasteiger partial charge is 0.223 e. The summed E-state index contributed by atoms with van der Waals surface area (Å²) in [5.74, 6) is -0.0262. The number of hydrogen-bond acceptors (Lipinski definition) is 3. The molecule has 1 aromatic carbocycles. The lowest BCUT2D eigenvalue weighted by Crippen LogP contribution is -2.22. The van der Waals surface area contributed by atoms with Crippen molar-refractivity contribution in [3.8, 4) is 5.75 Å². The van der Waals surface area contributed by atoms with E-state index in [1.807, 2.05) is 0 Å². The Labute approximate surface area is 81.2 Å². The molecule has 4 heteroatoms. The van der Waals surface area contributed by atoms with Crippen LogP contribution in [0, 0.1) is 0 Å². The van der Waals surface area contributed by atoms with Crippen LogP contribution in [0.4, 0.5) is 0 Å². The predicted molar refractivity (Wildman–Crippen MR) is 49.6 cm³/mol. The molecule has 1 aliphatic heterocycles. The lowest BCUT2D eigenvalue weighted by atomic mass is 10.0. The molecule has 0 saturated carbocycles. The molecule has 14 heavy (non-hydrogen) atoms. The van der Waals surface area contributed by atoms with Crippen molar-refractivity contribution in [3.05, 3.63) is 29.8 Å². The molecule has 0 aliphatic carbocycles. The Morgan fingerprint density at radius 2 is 2.21 bits per heavy atom. The van der Waals surface area contributed by atoms with Crippen LogP contribution in [-0.2, 0) is 4.79 Å². The maximum atomic E-state index is 11.0. The van der Waals surface area contributed by atoms with Gasteiger partial charge in [-0.15, -0.1) is 0 Å². The number of benzene rings is 1. The van der Waals surface area contributed by atoms with E-state index in [2.05, 4.69) is 5.32 Å². The lowest BCUT2D eigenvalue weighted by Gasteiger charge is -2.14. The number of carbonyl (C=O) groups is 1. The average Bonchev–Trinajstić information content (AvgIpc) is 2.45. The second kappa shape index (κ2) is 3.31. The fourth-order valence-corrected chi connectivity index (χ4v) is 1.66. The van der Waals surface area contributed by atoms with Gasteiger partial charge in [0, 0.05) is 0 Å². The number of aliphatic hydroxyl groups is 1. The van der Waals surface area contributed by atoms with Crippen molar-refractivity contribution in [1.82, 2.24) is 5.32 Å². The standard InChI is InChI=1S/C10H11NO3/c12-7-3-1-2-6(4-7)10-8(13)5-9(14)11-10/h1-4,8,10,12-13H,5H2,(H,11,14). The minimum Gasteiger partial charge on any atom is -0.508 e. The van der Waals surface area contributed by atoms with Crippen molar-refractivity contribution < 1.29 is 15.0 Å². The van der Waals surface area contributed by atoms with Gasteiger partial charge in [-0.25, -0.2) is 0 Å². The van der Waals surface area contributed by atoms with Crippen LogP contribution in [0.2, 0.25) is 0 Å². The number of rotatable bonds is 1. The lowest BCUT2D eigenvalue weighted by molar-refractivity contribution is -0.119. The number of carbonyl (C=O) groups excluding carboxylic acids is 1. The highest BCUT2D eigenvalue weighted by molar-refractivity contribution is 5.79. The second-order valence-electron chi connectivity index (χ2n) is 3.41. The SMILES string of the molecule is O=C1CC(O)C(c2cccc(O)c2)N1. The summed E-state index contributed by atoms with van der Waals surface area (Å²) in [6.07, 6.45) is -0.579. The van der Waals surface area contributed by atoms with Gasteiger partial charge in [-0.1, -0.05) is 12.1 Å². The number of nitrogens with one attached hydrogen (secondary N) is 1. The van der Waals surface area contributed by atoms with Gasteiger partial charge in [0.25, 0.3) is 0 Å². The average molecular weight is 193 g/mol. The summed E-state index contributed by atoms with van der Waals surface area (Å²) < 4.78 is 0. The van der Waals surface area contributed by atoms with Crippen LogP contribution in [0.15, 0.2) is 24.3 Å². The van der Waals surface area contributed by atoms with Gasteiger partial charge in [0.15, 0.2) is 0 Å². The monoisotopic (exact) mass is 193 g/mol. The van der Waals surface area contributed by atoms with Gasteiger partial charge in [-0.05, 0) is 17.7 Å². The number of phenolic OH excluding ortho intramolecular Hbond substituents is 1. The zero-order valence-electron chi connectivity index (χ0n) is 7.47. The van der Waals surface area contributed by atoms with E-state index in [0.29, 0.717) is 0 Å². The Kier molecular flexibility index (Phi) is 2.13. The highest BCUT2D eigenvalue weighted by Gasteiger charge is 2.31. The van der Waals surface area contributed by atoms with Crippen LogP contribution in [0.5, 0.6) is 5.75 Å². The molecule has 1 amide bonds. The molecule has 0 spiro atoms. The highest BCUT2D eigenvalue weighted by atomic mass is 16.3. The summed E-state index contributed by atoms with van der Waals surface area (Å²) in [5, 5.41) is 21.4. The molecule has 1 fully saturated rings. The maximum Gasteiger partial charge on any atom is 0.223 e. The summed E-state index contributed by atoms with van der Waals surface area (Å²) in [5.41, 5.74) is 0.725. The summed E-state index contributed by atoms with van der Waals surface area (Å²) in [7, 11) is 0. The second-order valence-corrected chi connectivity index (χ2v) is 3.41. The highest BCUT2D eigenvalue weighted by Crippen LogP contribution is 2.26. The summed E-state index contributed by atoms with van der Waals surface area (Å²) in [6, 6.07) is 6.14. The summed E-state index contributed by atoms with van der Waals surface area (Å²) >= 11 is 0. The van der Waals surface area contributed by atoms with Gasteiger partial charge >= 0.3 is 0 Å². The van der Waals surface area contributed by atoms with Crippen LogP contribution >= 0.6 is 0 Å². The normalized spacial score (nSPS) is 26.2. The molecule has 2 unspecified atom stereocenters. The van der Waals surface area contributed by atoms with Crippen LogP contribution in [0.25, 0.3) is 0 Å². The zero-order chi connectivity index (χ0) is 10.1. The number of phenols is 1. The summed E-state index contributed by atoms with van der Waals surface area (Å²) in [6.45, 7) is 0. The van der Waals surface area contributed by atoms with Gasteiger partial charge in [0.05, 0.1) is 18.6 Å². The van der Waals surface area contributed by atoms with Gasteiger partial charge < -0.3 is 15.5 Å². The van der Waals surface area contributed by atoms with E-state index in [4.69, 9.17) is 0 Å². The van der Waals surface area contributed by atoms with E-state index in [9.17, 15) is 15.0 Å². The molecule has 2 rings (SSSR count). The third-order valence-electron chi connectivity index (χ3n) is 2.33. The molecular formula is C10H11NO3. The maximum absolute atomic E-state index is 11.0. The van der Waals surface area contributed by atoms with E-state index in [0.717, 1.165) is 5.56 Å². The van der Waals surface area contributed by atoms with Crippen LogP contribution in [0.3, 0.4) is 0 Å². The molecule has 74 valence electrons. The first kappa shape index (κ1) is 9.02. The molecule has 3 N–H and O–H groups in total. The molecule has 0 bridgehead atoms. The van der Waals surface area contributed by atoms with Gasteiger partial charge in [0.2, 0.25) is 5.91 Å². The molecule has 2 atom stereocenters. The Morgan fingerprint density at radius 1 is 1.43 bits per heavy atom. The third-order valence-corrected chi connectivity index (χ3v) is 2.33. The first-order valence-electron chi connectivity index (χ1n) is 4.43. The van der Waals surface area contributed by atoms with Crippen LogP contribution in [-0.4, -0.2) is 22.2 Å². The predicted octanol–water partition coefficient (Wildman–Crippen LogP) is 0.314. The van der Waals surface area contributed by atoms with E-state index in [-0.39, 0.29) is 18.1 Å². The first-order valence-corrected chi connectivity index (χ1v) is 4.43. The largest absolute Gasteiger partial charge is 0.508 e. The molecule has 1 heterocycles. The van der Waals surface area contributed by atoms with E-state index in [1.54, 1.807) is 24.3 Å². The van der Waals surface area contributed by atoms with Crippen molar-refractivity contribution in [2.45, 2.75) is 18.6 Å². The number of aliphatic hydroxyl groups excluding tert-OH is 1. The van der Waals surface area contributed by atoms with E-state index in [1.165, 1.54) is 0 Å². The van der Waals surface area contributed by atoms with Crippen molar-refractivity contribution in [1.29, 1.82) is 0 Å². The molecule has 0 radical (unpaired) electrons. The van der Waals surface area contributed by atoms with Crippen molar-refractivity contribution >= 4 is 5.91 Å². The van der Waals surface area contributed by atoms with Crippen molar-refractivity contribution in [3.63, 3.8) is 0 Å². The molecule has 0 aromatic heterocycles. The number of aromatic hydroxyl groups is 1. The number of hydrogen-bond donors (Lipinski definition) is 3. The minimum absolute atomic E-state index is 0.125. The molecular weight excluding hydrogens is 182 g/mol. The van der Waals surface area contributed by atoms with Crippen molar-refractivity contribution in [2.24, 2.45) is 0 Å². The van der Waals surface area contributed by atoms with Crippen molar-refractivity contribution in [2.75, 3.05) is 0 Å². The molecule has 1 aliphatic rings. The van der Waals surface area contributed by atoms with Gasteiger partial charge in [0.1, 0.15) is 5.75 Å². The first-order chi connectivity index (χ1) is 6.66. The fourth-order valence-electron chi connectivity index (χ4n) is 1.66. The van der Waals surface area contributed by atoms with Gasteiger partial charge in [-0.3, -0.25) is 4.79 Å². The number of amides is 1. The molecule has 1 saturated heterocycles. The Morgan fingerprint density at radius 3 is 2.79 bits per heavy atom. The van der Waals surface area contributed by atoms with Crippen LogP contribution < -0.4 is 5.32 Å². The minimum atomic E-state index is -0.704.